The first kappa shape index (κ1) is 20.0. The zero-order chi connectivity index (χ0) is 19.9. The van der Waals surface area contributed by atoms with E-state index in [0.29, 0.717) is 30.3 Å². The summed E-state index contributed by atoms with van der Waals surface area (Å²) in [5.74, 6) is 0. The topological polar surface area (TPSA) is 68.4 Å². The zero-order valence-corrected chi connectivity index (χ0v) is 16.8. The number of nitrogens with zero attached hydrogens (tertiary/aromatic N) is 1. The molecule has 0 radical (unpaired) electrons. The third-order valence-corrected chi connectivity index (χ3v) is 5.03. The molecule has 0 amide bonds. The normalized spacial score (nSPS) is 10.8. The van der Waals surface area contributed by atoms with Gasteiger partial charge in [0.25, 0.3) is 5.56 Å². The van der Waals surface area contributed by atoms with Crippen LogP contribution >= 0.6 is 12.2 Å². The highest BCUT2D eigenvalue weighted by molar-refractivity contribution is 7.80. The van der Waals surface area contributed by atoms with Crippen molar-refractivity contribution in [1.82, 2.24) is 15.2 Å². The van der Waals surface area contributed by atoms with Gasteiger partial charge in [-0.05, 0) is 54.2 Å². The Hall–Kier alpha value is -2.70. The molecule has 3 rings (SSSR count). The number of H-pyrrole nitrogens is 1. The lowest BCUT2D eigenvalue weighted by Gasteiger charge is -2.25. The number of aromatic nitrogens is 1. The number of pyridine rings is 1. The Labute approximate surface area is 170 Å². The lowest BCUT2D eigenvalue weighted by atomic mass is 10.1. The molecule has 0 aliphatic heterocycles. The SMILES string of the molecule is Cc1ccc2cc(CN(CCO)C(=S)NCCc3ccccc3)c(=O)[nH]c2c1. The molecule has 28 heavy (non-hydrogen) atoms. The maximum atomic E-state index is 12.5. The van der Waals surface area contributed by atoms with Crippen molar-refractivity contribution < 1.29 is 5.11 Å². The van der Waals surface area contributed by atoms with Gasteiger partial charge in [0.2, 0.25) is 0 Å². The van der Waals surface area contributed by atoms with Crippen molar-refractivity contribution >= 4 is 28.2 Å². The molecule has 0 atom stereocenters. The van der Waals surface area contributed by atoms with Crippen LogP contribution in [-0.2, 0) is 13.0 Å². The van der Waals surface area contributed by atoms with Crippen LogP contribution in [0.2, 0.25) is 0 Å². The molecule has 1 heterocycles. The van der Waals surface area contributed by atoms with Gasteiger partial charge in [0.15, 0.2) is 5.11 Å². The van der Waals surface area contributed by atoms with E-state index < -0.39 is 0 Å². The highest BCUT2D eigenvalue weighted by atomic mass is 32.1. The average Bonchev–Trinajstić information content (AvgIpc) is 2.69. The van der Waals surface area contributed by atoms with Crippen molar-refractivity contribution in [1.29, 1.82) is 0 Å². The van der Waals surface area contributed by atoms with E-state index in [-0.39, 0.29) is 12.2 Å². The number of aliphatic hydroxyl groups is 1. The molecule has 0 saturated heterocycles. The summed E-state index contributed by atoms with van der Waals surface area (Å²) in [7, 11) is 0. The molecular formula is C22H25N3O2S. The van der Waals surface area contributed by atoms with E-state index in [1.165, 1.54) is 5.56 Å². The fourth-order valence-corrected chi connectivity index (χ4v) is 3.38. The Morgan fingerprint density at radius 1 is 1.18 bits per heavy atom. The quantitative estimate of drug-likeness (QED) is 0.537. The van der Waals surface area contributed by atoms with E-state index in [0.717, 1.165) is 22.9 Å². The second-order valence-electron chi connectivity index (χ2n) is 6.83. The molecule has 0 unspecified atom stereocenters. The molecule has 0 saturated carbocycles. The molecule has 6 heteroatoms. The molecule has 0 bridgehead atoms. The van der Waals surface area contributed by atoms with Gasteiger partial charge < -0.3 is 20.3 Å². The van der Waals surface area contributed by atoms with Crippen LogP contribution in [0.25, 0.3) is 10.9 Å². The van der Waals surface area contributed by atoms with E-state index in [1.807, 2.05) is 54.3 Å². The summed E-state index contributed by atoms with van der Waals surface area (Å²) in [5, 5.41) is 14.2. The first-order valence-electron chi connectivity index (χ1n) is 9.37. The molecular weight excluding hydrogens is 370 g/mol. The maximum Gasteiger partial charge on any atom is 0.253 e. The molecule has 0 aliphatic rings. The lowest BCUT2D eigenvalue weighted by molar-refractivity contribution is 0.245. The summed E-state index contributed by atoms with van der Waals surface area (Å²) in [4.78, 5) is 17.3. The van der Waals surface area contributed by atoms with E-state index in [4.69, 9.17) is 12.2 Å². The number of aromatic amines is 1. The number of benzene rings is 2. The maximum absolute atomic E-state index is 12.5. The Kier molecular flexibility index (Phi) is 6.79. The second kappa shape index (κ2) is 9.48. The predicted octanol–water partition coefficient (Wildman–Crippen LogP) is 2.75. The second-order valence-corrected chi connectivity index (χ2v) is 7.21. The molecule has 3 aromatic rings. The van der Waals surface area contributed by atoms with Gasteiger partial charge in [0.1, 0.15) is 0 Å². The third-order valence-electron chi connectivity index (χ3n) is 4.63. The fraction of sp³-hybridized carbons (Fsp3) is 0.273. The van der Waals surface area contributed by atoms with Crippen LogP contribution < -0.4 is 10.9 Å². The fourth-order valence-electron chi connectivity index (χ4n) is 3.13. The van der Waals surface area contributed by atoms with Crippen LogP contribution in [0.3, 0.4) is 0 Å². The van der Waals surface area contributed by atoms with Crippen molar-refractivity contribution in [2.75, 3.05) is 19.7 Å². The summed E-state index contributed by atoms with van der Waals surface area (Å²) in [5.41, 5.74) is 3.64. The van der Waals surface area contributed by atoms with E-state index in [1.54, 1.807) is 0 Å². The van der Waals surface area contributed by atoms with Crippen LogP contribution in [0.1, 0.15) is 16.7 Å². The summed E-state index contributed by atoms with van der Waals surface area (Å²) >= 11 is 5.50. The van der Waals surface area contributed by atoms with Crippen molar-refractivity contribution in [2.24, 2.45) is 0 Å². The van der Waals surface area contributed by atoms with Crippen molar-refractivity contribution in [2.45, 2.75) is 19.9 Å². The molecule has 0 spiro atoms. The minimum absolute atomic E-state index is 0.0365. The van der Waals surface area contributed by atoms with Crippen LogP contribution in [0.4, 0.5) is 0 Å². The van der Waals surface area contributed by atoms with Crippen molar-refractivity contribution in [3.63, 3.8) is 0 Å². The van der Waals surface area contributed by atoms with E-state index in [9.17, 15) is 9.90 Å². The summed E-state index contributed by atoms with van der Waals surface area (Å²) in [6, 6.07) is 18.0. The number of fused-ring (bicyclic) bond motifs is 1. The largest absolute Gasteiger partial charge is 0.395 e. The van der Waals surface area contributed by atoms with E-state index in [2.05, 4.69) is 22.4 Å². The highest BCUT2D eigenvalue weighted by Gasteiger charge is 2.13. The zero-order valence-electron chi connectivity index (χ0n) is 15.9. The Morgan fingerprint density at radius 2 is 1.96 bits per heavy atom. The Balaban J connectivity index is 1.69. The van der Waals surface area contributed by atoms with Crippen LogP contribution in [0.15, 0.2) is 59.4 Å². The number of thiocarbonyl (C=S) groups is 1. The smallest absolute Gasteiger partial charge is 0.253 e. The standard InChI is InChI=1S/C22H25N3O2S/c1-16-7-8-18-14-19(21(27)24-20(18)13-16)15-25(11-12-26)22(28)23-10-9-17-5-3-2-4-6-17/h2-8,13-14,26H,9-12,15H2,1H3,(H,23,28)(H,24,27). The molecule has 0 aliphatic carbocycles. The monoisotopic (exact) mass is 395 g/mol. The summed E-state index contributed by atoms with van der Waals surface area (Å²) < 4.78 is 0. The minimum Gasteiger partial charge on any atom is -0.395 e. The van der Waals surface area contributed by atoms with Gasteiger partial charge in [0, 0.05) is 24.2 Å². The van der Waals surface area contributed by atoms with Gasteiger partial charge in [0.05, 0.1) is 13.2 Å². The van der Waals surface area contributed by atoms with Crippen molar-refractivity contribution in [3.05, 3.63) is 81.6 Å². The van der Waals surface area contributed by atoms with Gasteiger partial charge in [-0.15, -0.1) is 0 Å². The number of rotatable bonds is 7. The van der Waals surface area contributed by atoms with Gasteiger partial charge in [-0.2, -0.15) is 0 Å². The minimum atomic E-state index is -0.131. The van der Waals surface area contributed by atoms with Gasteiger partial charge in [-0.3, -0.25) is 4.79 Å². The number of hydrogen-bond acceptors (Lipinski definition) is 3. The molecule has 2 aromatic carbocycles. The molecule has 0 fully saturated rings. The van der Waals surface area contributed by atoms with Crippen molar-refractivity contribution in [3.8, 4) is 0 Å². The summed E-state index contributed by atoms with van der Waals surface area (Å²) in [6.07, 6.45) is 0.851. The Bertz CT molecular complexity index is 1000. The predicted molar refractivity (Wildman–Crippen MR) is 118 cm³/mol. The number of nitrogens with one attached hydrogen (secondary N) is 2. The third kappa shape index (κ3) is 5.18. The first-order chi connectivity index (χ1) is 13.6. The highest BCUT2D eigenvalue weighted by Crippen LogP contribution is 2.14. The van der Waals surface area contributed by atoms with Gasteiger partial charge >= 0.3 is 0 Å². The van der Waals surface area contributed by atoms with Crippen LogP contribution in [0, 0.1) is 6.92 Å². The van der Waals surface area contributed by atoms with Crippen LogP contribution in [-0.4, -0.2) is 39.8 Å². The van der Waals surface area contributed by atoms with Crippen LogP contribution in [0.5, 0.6) is 0 Å². The molecule has 146 valence electrons. The number of hydrogen-bond donors (Lipinski definition) is 3. The Morgan fingerprint density at radius 3 is 2.71 bits per heavy atom. The van der Waals surface area contributed by atoms with E-state index >= 15 is 0 Å². The van der Waals surface area contributed by atoms with Gasteiger partial charge in [-0.1, -0.05) is 42.5 Å². The molecule has 5 nitrogen and oxygen atoms in total. The average molecular weight is 396 g/mol. The first-order valence-corrected chi connectivity index (χ1v) is 9.78. The lowest BCUT2D eigenvalue weighted by Crippen LogP contribution is -2.42. The molecule has 3 N–H and O–H groups in total. The van der Waals surface area contributed by atoms with Gasteiger partial charge in [-0.25, -0.2) is 0 Å². The molecule has 1 aromatic heterocycles. The number of aryl methyl sites for hydroxylation is 1. The number of aliphatic hydroxyl groups excluding tert-OH is 1. The summed E-state index contributed by atoms with van der Waals surface area (Å²) in [6.45, 7) is 3.36.